The second-order valence-electron chi connectivity index (χ2n) is 6.52. The Morgan fingerprint density at radius 1 is 1.31 bits per heavy atom. The fourth-order valence-corrected chi connectivity index (χ4v) is 4.34. The van der Waals surface area contributed by atoms with Gasteiger partial charge in [0.25, 0.3) is 0 Å². The second-order valence-corrected chi connectivity index (χ2v) is 7.95. The predicted octanol–water partition coefficient (Wildman–Crippen LogP) is 4.33. The molecule has 1 unspecified atom stereocenters. The molecule has 1 aliphatic heterocycles. The minimum Gasteiger partial charge on any atom is -0.349 e. The number of carbonyl (C=O) groups is 2. The standard InChI is InChI=1S/C20H23ClN2O2S/c1-2-17(14-4-3-5-16(21)12-14)22-19(24)6-7-20(25)23-10-8-18-15(13-23)9-11-26-18/h3-5,9,11-12,17H,2,6-8,10,13H2,1H3,(H,22,24). The quantitative estimate of drug-likeness (QED) is 0.797. The summed E-state index contributed by atoms with van der Waals surface area (Å²) in [6.07, 6.45) is 2.14. The number of carbonyl (C=O) groups excluding carboxylic acids is 2. The second kappa shape index (κ2) is 8.69. The van der Waals surface area contributed by atoms with E-state index >= 15 is 0 Å². The number of hydrogen-bond acceptors (Lipinski definition) is 3. The average Bonchev–Trinajstić information content (AvgIpc) is 3.11. The van der Waals surface area contributed by atoms with Crippen LogP contribution in [-0.2, 0) is 22.6 Å². The highest BCUT2D eigenvalue weighted by atomic mass is 35.5. The van der Waals surface area contributed by atoms with Gasteiger partial charge in [0, 0.05) is 35.8 Å². The number of nitrogens with zero attached hydrogens (tertiary/aromatic N) is 1. The van der Waals surface area contributed by atoms with Crippen molar-refractivity contribution >= 4 is 34.8 Å². The van der Waals surface area contributed by atoms with Crippen LogP contribution in [0.2, 0.25) is 5.02 Å². The molecule has 0 saturated carbocycles. The highest BCUT2D eigenvalue weighted by Crippen LogP contribution is 2.24. The van der Waals surface area contributed by atoms with Gasteiger partial charge in [-0.05, 0) is 47.5 Å². The lowest BCUT2D eigenvalue weighted by molar-refractivity contribution is -0.134. The summed E-state index contributed by atoms with van der Waals surface area (Å²) in [5, 5.41) is 5.75. The maximum atomic E-state index is 12.4. The van der Waals surface area contributed by atoms with Crippen LogP contribution >= 0.6 is 22.9 Å². The Morgan fingerprint density at radius 2 is 2.15 bits per heavy atom. The highest BCUT2D eigenvalue weighted by Gasteiger charge is 2.22. The molecule has 4 nitrogen and oxygen atoms in total. The molecule has 1 aromatic heterocycles. The molecule has 1 aromatic carbocycles. The number of nitrogens with one attached hydrogen (secondary N) is 1. The molecule has 1 N–H and O–H groups in total. The van der Waals surface area contributed by atoms with Gasteiger partial charge in [0.05, 0.1) is 6.04 Å². The molecule has 0 aliphatic carbocycles. The Balaban J connectivity index is 1.49. The molecule has 6 heteroatoms. The van der Waals surface area contributed by atoms with Gasteiger partial charge in [-0.3, -0.25) is 9.59 Å². The first-order valence-electron chi connectivity index (χ1n) is 8.94. The van der Waals surface area contributed by atoms with E-state index in [2.05, 4.69) is 16.8 Å². The fraction of sp³-hybridized carbons (Fsp3) is 0.400. The number of rotatable bonds is 6. The number of fused-ring (bicyclic) bond motifs is 1. The zero-order valence-electron chi connectivity index (χ0n) is 14.8. The molecular weight excluding hydrogens is 368 g/mol. The van der Waals surface area contributed by atoms with E-state index in [9.17, 15) is 9.59 Å². The van der Waals surface area contributed by atoms with Crippen LogP contribution in [0.25, 0.3) is 0 Å². The lowest BCUT2D eigenvalue weighted by Gasteiger charge is -2.27. The van der Waals surface area contributed by atoms with Crippen LogP contribution in [0.4, 0.5) is 0 Å². The molecule has 2 amide bonds. The lowest BCUT2D eigenvalue weighted by atomic mass is 10.0. The van der Waals surface area contributed by atoms with E-state index in [-0.39, 0.29) is 30.7 Å². The van der Waals surface area contributed by atoms with Gasteiger partial charge in [-0.2, -0.15) is 0 Å². The summed E-state index contributed by atoms with van der Waals surface area (Å²) in [7, 11) is 0. The van der Waals surface area contributed by atoms with Gasteiger partial charge in [0.2, 0.25) is 11.8 Å². The van der Waals surface area contributed by atoms with E-state index < -0.39 is 0 Å². The van der Waals surface area contributed by atoms with Crippen LogP contribution in [-0.4, -0.2) is 23.3 Å². The van der Waals surface area contributed by atoms with Crippen molar-refractivity contribution in [3.05, 3.63) is 56.7 Å². The summed E-state index contributed by atoms with van der Waals surface area (Å²) in [5.41, 5.74) is 2.23. The van der Waals surface area contributed by atoms with E-state index in [0.717, 1.165) is 24.9 Å². The Kier molecular flexibility index (Phi) is 6.33. The molecule has 1 atom stereocenters. The molecule has 0 spiro atoms. The first-order chi connectivity index (χ1) is 12.6. The van der Waals surface area contributed by atoms with Gasteiger partial charge < -0.3 is 10.2 Å². The predicted molar refractivity (Wildman–Crippen MR) is 105 cm³/mol. The number of thiophene rings is 1. The zero-order chi connectivity index (χ0) is 18.5. The number of amides is 2. The van der Waals surface area contributed by atoms with Crippen molar-refractivity contribution in [3.63, 3.8) is 0 Å². The summed E-state index contributed by atoms with van der Waals surface area (Å²) in [6.45, 7) is 3.43. The molecule has 0 radical (unpaired) electrons. The third-order valence-electron chi connectivity index (χ3n) is 4.72. The van der Waals surface area contributed by atoms with Crippen LogP contribution in [0.3, 0.4) is 0 Å². The maximum Gasteiger partial charge on any atom is 0.223 e. The summed E-state index contributed by atoms with van der Waals surface area (Å²) >= 11 is 7.79. The Labute approximate surface area is 163 Å². The topological polar surface area (TPSA) is 49.4 Å². The lowest BCUT2D eigenvalue weighted by Crippen LogP contribution is -2.36. The smallest absolute Gasteiger partial charge is 0.223 e. The van der Waals surface area contributed by atoms with Crippen molar-refractivity contribution < 1.29 is 9.59 Å². The molecular formula is C20H23ClN2O2S. The van der Waals surface area contributed by atoms with Crippen LogP contribution < -0.4 is 5.32 Å². The number of halogens is 1. The van der Waals surface area contributed by atoms with Crippen molar-refractivity contribution in [1.82, 2.24) is 10.2 Å². The van der Waals surface area contributed by atoms with E-state index in [1.54, 1.807) is 11.3 Å². The SMILES string of the molecule is CCC(NC(=O)CCC(=O)N1CCc2sccc2C1)c1cccc(Cl)c1. The van der Waals surface area contributed by atoms with Crippen molar-refractivity contribution in [3.8, 4) is 0 Å². The van der Waals surface area contributed by atoms with Gasteiger partial charge in [-0.15, -0.1) is 11.3 Å². The molecule has 26 heavy (non-hydrogen) atoms. The molecule has 1 aliphatic rings. The van der Waals surface area contributed by atoms with E-state index in [4.69, 9.17) is 11.6 Å². The number of benzene rings is 1. The Hall–Kier alpha value is -1.85. The van der Waals surface area contributed by atoms with E-state index in [1.807, 2.05) is 36.1 Å². The maximum absolute atomic E-state index is 12.4. The summed E-state index contributed by atoms with van der Waals surface area (Å²) in [6, 6.07) is 9.52. The monoisotopic (exact) mass is 390 g/mol. The first-order valence-corrected chi connectivity index (χ1v) is 10.2. The van der Waals surface area contributed by atoms with Gasteiger partial charge in [-0.1, -0.05) is 30.7 Å². The van der Waals surface area contributed by atoms with Crippen molar-refractivity contribution in [2.75, 3.05) is 6.54 Å². The van der Waals surface area contributed by atoms with Gasteiger partial charge >= 0.3 is 0 Å². The largest absolute Gasteiger partial charge is 0.349 e. The molecule has 0 bridgehead atoms. The van der Waals surface area contributed by atoms with Gasteiger partial charge in [-0.25, -0.2) is 0 Å². The zero-order valence-corrected chi connectivity index (χ0v) is 16.4. The molecule has 0 saturated heterocycles. The summed E-state index contributed by atoms with van der Waals surface area (Å²) < 4.78 is 0. The molecule has 3 rings (SSSR count). The minimum absolute atomic E-state index is 0.0489. The van der Waals surface area contributed by atoms with Crippen molar-refractivity contribution in [1.29, 1.82) is 0 Å². The molecule has 2 heterocycles. The molecule has 2 aromatic rings. The Morgan fingerprint density at radius 3 is 2.92 bits per heavy atom. The minimum atomic E-state index is -0.0987. The third kappa shape index (κ3) is 4.65. The highest BCUT2D eigenvalue weighted by molar-refractivity contribution is 7.10. The number of hydrogen-bond donors (Lipinski definition) is 1. The van der Waals surface area contributed by atoms with Crippen LogP contribution in [0.15, 0.2) is 35.7 Å². The normalized spacial score (nSPS) is 14.6. The Bertz CT molecular complexity index is 790. The van der Waals surface area contributed by atoms with Gasteiger partial charge in [0.15, 0.2) is 0 Å². The van der Waals surface area contributed by atoms with Crippen LogP contribution in [0.5, 0.6) is 0 Å². The van der Waals surface area contributed by atoms with Crippen LogP contribution in [0, 0.1) is 0 Å². The summed E-state index contributed by atoms with van der Waals surface area (Å²) in [4.78, 5) is 28.0. The molecule has 0 fully saturated rings. The fourth-order valence-electron chi connectivity index (χ4n) is 3.25. The average molecular weight is 391 g/mol. The van der Waals surface area contributed by atoms with E-state index in [1.165, 1.54) is 10.4 Å². The van der Waals surface area contributed by atoms with E-state index in [0.29, 0.717) is 11.6 Å². The first kappa shape index (κ1) is 18.9. The van der Waals surface area contributed by atoms with Crippen LogP contribution in [0.1, 0.15) is 48.2 Å². The van der Waals surface area contributed by atoms with Gasteiger partial charge in [0.1, 0.15) is 0 Å². The van der Waals surface area contributed by atoms with Crippen molar-refractivity contribution in [2.45, 2.75) is 45.2 Å². The summed E-state index contributed by atoms with van der Waals surface area (Å²) in [5.74, 6) is -0.0498. The third-order valence-corrected chi connectivity index (χ3v) is 5.98. The molecule has 138 valence electrons. The van der Waals surface area contributed by atoms with Crippen molar-refractivity contribution in [2.24, 2.45) is 0 Å².